The smallest absolute Gasteiger partial charge is 0.271 e. The molecule has 0 radical (unpaired) electrons. The Morgan fingerprint density at radius 3 is 2.64 bits per heavy atom. The van der Waals surface area contributed by atoms with Crippen molar-refractivity contribution in [3.8, 4) is 0 Å². The van der Waals surface area contributed by atoms with Crippen LogP contribution in [0.25, 0.3) is 0 Å². The van der Waals surface area contributed by atoms with E-state index in [2.05, 4.69) is 10.6 Å². The van der Waals surface area contributed by atoms with Crippen molar-refractivity contribution in [2.24, 2.45) is 0 Å². The third-order valence-corrected chi connectivity index (χ3v) is 5.65. The molecule has 1 aromatic heterocycles. The Hall–Kier alpha value is -2.49. The number of halogens is 1. The number of benzene rings is 1. The predicted molar refractivity (Wildman–Crippen MR) is 108 cm³/mol. The number of hydrogen-bond donors (Lipinski definition) is 2. The van der Waals surface area contributed by atoms with Gasteiger partial charge in [0.1, 0.15) is 0 Å². The molecular weight excluding hydrogens is 404 g/mol. The molecule has 1 aliphatic heterocycles. The molecule has 2 N–H and O–H groups in total. The summed E-state index contributed by atoms with van der Waals surface area (Å²) in [6, 6.07) is 7.66. The van der Waals surface area contributed by atoms with Crippen LogP contribution in [0.5, 0.6) is 0 Å². The van der Waals surface area contributed by atoms with Gasteiger partial charge in [0, 0.05) is 31.3 Å². The molecule has 0 bridgehead atoms. The Morgan fingerprint density at radius 2 is 2.04 bits per heavy atom. The van der Waals surface area contributed by atoms with Gasteiger partial charge in [0.25, 0.3) is 11.6 Å². The number of piperidine rings is 1. The number of nitrogens with zero attached hydrogens (tertiary/aromatic N) is 2. The molecule has 2 heterocycles. The van der Waals surface area contributed by atoms with Crippen LogP contribution in [-0.4, -0.2) is 47.3 Å². The van der Waals surface area contributed by atoms with E-state index in [1.165, 1.54) is 29.5 Å². The van der Waals surface area contributed by atoms with Crippen molar-refractivity contribution < 1.29 is 14.5 Å². The van der Waals surface area contributed by atoms with Crippen molar-refractivity contribution in [1.82, 2.24) is 10.2 Å². The maximum Gasteiger partial charge on any atom is 0.271 e. The molecule has 3 rings (SSSR count). The second-order valence-corrected chi connectivity index (χ2v) is 7.83. The number of carbonyl (C=O) groups excluding carboxylic acids is 2. The Bertz CT molecular complexity index is 866. The minimum Gasteiger partial charge on any atom is -0.349 e. The molecule has 1 aliphatic rings. The van der Waals surface area contributed by atoms with Crippen LogP contribution in [0.4, 0.5) is 11.4 Å². The van der Waals surface area contributed by atoms with Crippen molar-refractivity contribution in [1.29, 1.82) is 0 Å². The van der Waals surface area contributed by atoms with E-state index < -0.39 is 4.92 Å². The molecule has 0 unspecified atom stereocenters. The van der Waals surface area contributed by atoms with E-state index in [1.807, 2.05) is 16.3 Å². The molecule has 0 saturated carbocycles. The largest absolute Gasteiger partial charge is 0.349 e. The number of carbonyl (C=O) groups is 2. The van der Waals surface area contributed by atoms with Crippen LogP contribution < -0.4 is 10.6 Å². The zero-order chi connectivity index (χ0) is 20.1. The standard InChI is InChI=1S/C18H19ClN4O4S/c19-14-10-13(23(26)27)3-4-15(14)21-17(24)11-22-7-5-12(6-8-22)20-18(25)16-2-1-9-28-16/h1-4,9-10,12H,5-8,11H2,(H,20,25)(H,21,24). The second-order valence-electron chi connectivity index (χ2n) is 6.47. The van der Waals surface area contributed by atoms with Gasteiger partial charge >= 0.3 is 0 Å². The topological polar surface area (TPSA) is 105 Å². The number of hydrogen-bond acceptors (Lipinski definition) is 6. The monoisotopic (exact) mass is 422 g/mol. The van der Waals surface area contributed by atoms with E-state index in [0.29, 0.717) is 23.7 Å². The fourth-order valence-electron chi connectivity index (χ4n) is 3.01. The lowest BCUT2D eigenvalue weighted by molar-refractivity contribution is -0.384. The van der Waals surface area contributed by atoms with E-state index >= 15 is 0 Å². The van der Waals surface area contributed by atoms with Gasteiger partial charge in [0.2, 0.25) is 5.91 Å². The fraction of sp³-hybridized carbons (Fsp3) is 0.333. The van der Waals surface area contributed by atoms with Gasteiger partial charge in [-0.05, 0) is 30.4 Å². The number of anilines is 1. The lowest BCUT2D eigenvalue weighted by Crippen LogP contribution is -2.46. The summed E-state index contributed by atoms with van der Waals surface area (Å²) in [5, 5.41) is 18.4. The van der Waals surface area contributed by atoms with Crippen LogP contribution in [-0.2, 0) is 4.79 Å². The Balaban J connectivity index is 1.45. The van der Waals surface area contributed by atoms with Crippen molar-refractivity contribution in [2.45, 2.75) is 18.9 Å². The van der Waals surface area contributed by atoms with Gasteiger partial charge in [-0.15, -0.1) is 11.3 Å². The van der Waals surface area contributed by atoms with Crippen LogP contribution >= 0.6 is 22.9 Å². The summed E-state index contributed by atoms with van der Waals surface area (Å²) >= 11 is 7.41. The molecular formula is C18H19ClN4O4S. The molecule has 28 heavy (non-hydrogen) atoms. The average molecular weight is 423 g/mol. The highest BCUT2D eigenvalue weighted by atomic mass is 35.5. The van der Waals surface area contributed by atoms with Gasteiger partial charge in [0.05, 0.1) is 27.1 Å². The van der Waals surface area contributed by atoms with Gasteiger partial charge < -0.3 is 10.6 Å². The molecule has 10 heteroatoms. The van der Waals surface area contributed by atoms with Crippen molar-refractivity contribution >= 4 is 46.1 Å². The first-order chi connectivity index (χ1) is 13.4. The van der Waals surface area contributed by atoms with Crippen LogP contribution in [0, 0.1) is 10.1 Å². The van der Waals surface area contributed by atoms with Gasteiger partial charge in [-0.3, -0.25) is 24.6 Å². The SMILES string of the molecule is O=C(CN1CCC(NC(=O)c2cccs2)CC1)Nc1ccc([N+](=O)[O-])cc1Cl. The lowest BCUT2D eigenvalue weighted by atomic mass is 10.0. The number of likely N-dealkylation sites (tertiary alicyclic amines) is 1. The third kappa shape index (κ3) is 5.28. The zero-order valence-electron chi connectivity index (χ0n) is 14.9. The van der Waals surface area contributed by atoms with E-state index in [-0.39, 0.29) is 35.1 Å². The number of nitro groups is 1. The minimum atomic E-state index is -0.543. The van der Waals surface area contributed by atoms with E-state index in [1.54, 1.807) is 6.07 Å². The molecule has 1 saturated heterocycles. The first kappa shape index (κ1) is 20.2. The minimum absolute atomic E-state index is 0.0565. The quantitative estimate of drug-likeness (QED) is 0.549. The van der Waals surface area contributed by atoms with E-state index in [9.17, 15) is 19.7 Å². The van der Waals surface area contributed by atoms with Gasteiger partial charge in [-0.2, -0.15) is 0 Å². The summed E-state index contributed by atoms with van der Waals surface area (Å²) in [6.45, 7) is 1.58. The Labute approximate surface area is 170 Å². The summed E-state index contributed by atoms with van der Waals surface area (Å²) in [5.41, 5.74) is 0.213. The highest BCUT2D eigenvalue weighted by Gasteiger charge is 2.23. The summed E-state index contributed by atoms with van der Waals surface area (Å²) < 4.78 is 0. The summed E-state index contributed by atoms with van der Waals surface area (Å²) in [4.78, 5) is 37.2. The second kappa shape index (κ2) is 9.13. The van der Waals surface area contributed by atoms with Crippen molar-refractivity contribution in [3.63, 3.8) is 0 Å². The predicted octanol–water partition coefficient (Wildman–Crippen LogP) is 3.14. The van der Waals surface area contributed by atoms with Gasteiger partial charge in [-0.25, -0.2) is 0 Å². The third-order valence-electron chi connectivity index (χ3n) is 4.47. The maximum absolute atomic E-state index is 12.3. The van der Waals surface area contributed by atoms with Crippen LogP contribution in [0.3, 0.4) is 0 Å². The summed E-state index contributed by atoms with van der Waals surface area (Å²) in [7, 11) is 0. The van der Waals surface area contributed by atoms with Crippen molar-refractivity contribution in [2.75, 3.05) is 25.0 Å². The first-order valence-corrected chi connectivity index (χ1v) is 9.98. The number of non-ortho nitro benzene ring substituents is 1. The molecule has 8 nitrogen and oxygen atoms in total. The molecule has 2 aromatic rings. The molecule has 0 atom stereocenters. The fourth-order valence-corrected chi connectivity index (χ4v) is 3.86. The molecule has 0 aliphatic carbocycles. The lowest BCUT2D eigenvalue weighted by Gasteiger charge is -2.31. The normalized spacial score (nSPS) is 15.2. The van der Waals surface area contributed by atoms with Gasteiger partial charge in [0.15, 0.2) is 0 Å². The zero-order valence-corrected chi connectivity index (χ0v) is 16.5. The number of thiophene rings is 1. The summed E-state index contributed by atoms with van der Waals surface area (Å²) in [6.07, 6.45) is 1.53. The van der Waals surface area contributed by atoms with Crippen LogP contribution in [0.15, 0.2) is 35.7 Å². The van der Waals surface area contributed by atoms with Crippen LogP contribution in [0.1, 0.15) is 22.5 Å². The highest BCUT2D eigenvalue weighted by molar-refractivity contribution is 7.12. The molecule has 2 amide bonds. The maximum atomic E-state index is 12.3. The molecule has 0 spiro atoms. The molecule has 148 valence electrons. The molecule has 1 fully saturated rings. The van der Waals surface area contributed by atoms with E-state index in [0.717, 1.165) is 12.8 Å². The number of nitro benzene ring substituents is 1. The van der Waals surface area contributed by atoms with Gasteiger partial charge in [-0.1, -0.05) is 17.7 Å². The summed E-state index contributed by atoms with van der Waals surface area (Å²) in [5.74, 6) is -0.296. The van der Waals surface area contributed by atoms with Crippen LogP contribution in [0.2, 0.25) is 5.02 Å². The highest BCUT2D eigenvalue weighted by Crippen LogP contribution is 2.26. The Kier molecular flexibility index (Phi) is 6.61. The molecule has 1 aromatic carbocycles. The number of nitrogens with one attached hydrogen (secondary N) is 2. The first-order valence-electron chi connectivity index (χ1n) is 8.73. The van der Waals surface area contributed by atoms with Crippen molar-refractivity contribution in [3.05, 3.63) is 55.7 Å². The Morgan fingerprint density at radius 1 is 1.29 bits per heavy atom. The average Bonchev–Trinajstić information content (AvgIpc) is 3.20. The number of amides is 2. The van der Waals surface area contributed by atoms with E-state index in [4.69, 9.17) is 11.6 Å². The number of rotatable bonds is 6.